The SMILES string of the molecule is COc1cc(C(=O)NCc2ccc3c(c2)OCO3)c(N(C)S(C)(=O)=O)cc1OC. The molecule has 2 aromatic carbocycles. The van der Waals surface area contributed by atoms with Crippen molar-refractivity contribution in [1.29, 1.82) is 0 Å². The van der Waals surface area contributed by atoms with Crippen LogP contribution in [0.4, 0.5) is 5.69 Å². The molecular weight excluding hydrogens is 400 g/mol. The average molecular weight is 422 g/mol. The number of nitrogens with one attached hydrogen (secondary N) is 1. The van der Waals surface area contributed by atoms with Gasteiger partial charge in [0, 0.05) is 19.7 Å². The number of ether oxygens (including phenoxy) is 4. The topological polar surface area (TPSA) is 103 Å². The number of methoxy groups -OCH3 is 2. The molecule has 9 nitrogen and oxygen atoms in total. The molecule has 1 amide bonds. The van der Waals surface area contributed by atoms with Crippen molar-refractivity contribution in [3.63, 3.8) is 0 Å². The van der Waals surface area contributed by atoms with Crippen LogP contribution in [0.3, 0.4) is 0 Å². The van der Waals surface area contributed by atoms with E-state index in [1.54, 1.807) is 12.1 Å². The van der Waals surface area contributed by atoms with Gasteiger partial charge in [-0.2, -0.15) is 0 Å². The maximum Gasteiger partial charge on any atom is 0.253 e. The van der Waals surface area contributed by atoms with Gasteiger partial charge in [-0.25, -0.2) is 8.42 Å². The van der Waals surface area contributed by atoms with Gasteiger partial charge in [0.05, 0.1) is 31.7 Å². The second kappa shape index (κ2) is 8.08. The maximum absolute atomic E-state index is 12.9. The molecule has 0 bridgehead atoms. The standard InChI is InChI=1S/C19H22N2O7S/c1-21(29(4,23)24)14-9-17(26-3)16(25-2)8-13(14)19(22)20-10-12-5-6-15-18(7-12)28-11-27-15/h5-9H,10-11H2,1-4H3,(H,20,22). The third kappa shape index (κ3) is 4.32. The fourth-order valence-electron chi connectivity index (χ4n) is 2.82. The van der Waals surface area contributed by atoms with Crippen molar-refractivity contribution in [3.05, 3.63) is 41.5 Å². The normalized spacial score (nSPS) is 12.4. The Bertz CT molecular complexity index is 1040. The van der Waals surface area contributed by atoms with Crippen molar-refractivity contribution in [2.24, 2.45) is 0 Å². The first-order valence-electron chi connectivity index (χ1n) is 8.61. The highest BCUT2D eigenvalue weighted by molar-refractivity contribution is 7.92. The number of hydrogen-bond donors (Lipinski definition) is 1. The van der Waals surface area contributed by atoms with Crippen molar-refractivity contribution >= 4 is 21.6 Å². The van der Waals surface area contributed by atoms with Gasteiger partial charge >= 0.3 is 0 Å². The van der Waals surface area contributed by atoms with Crippen LogP contribution in [0.1, 0.15) is 15.9 Å². The van der Waals surface area contributed by atoms with Gasteiger partial charge in [0.2, 0.25) is 16.8 Å². The van der Waals surface area contributed by atoms with Crippen LogP contribution in [0.5, 0.6) is 23.0 Å². The summed E-state index contributed by atoms with van der Waals surface area (Å²) in [5, 5.41) is 2.79. The molecule has 0 aliphatic carbocycles. The molecule has 2 aromatic rings. The number of carbonyl (C=O) groups is 1. The summed E-state index contributed by atoms with van der Waals surface area (Å²) in [6.45, 7) is 0.379. The lowest BCUT2D eigenvalue weighted by Gasteiger charge is -2.22. The molecule has 0 aromatic heterocycles. The van der Waals surface area contributed by atoms with Crippen molar-refractivity contribution in [2.75, 3.05) is 38.6 Å². The van der Waals surface area contributed by atoms with Gasteiger partial charge in [-0.15, -0.1) is 0 Å². The fraction of sp³-hybridized carbons (Fsp3) is 0.316. The summed E-state index contributed by atoms with van der Waals surface area (Å²) in [6, 6.07) is 8.26. The Balaban J connectivity index is 1.90. The van der Waals surface area contributed by atoms with Gasteiger partial charge in [0.15, 0.2) is 23.0 Å². The second-order valence-corrected chi connectivity index (χ2v) is 8.34. The molecular formula is C19H22N2O7S. The van der Waals surface area contributed by atoms with Gasteiger partial charge < -0.3 is 24.3 Å². The fourth-order valence-corrected chi connectivity index (χ4v) is 3.33. The number of hydrogen-bond acceptors (Lipinski definition) is 7. The molecule has 0 saturated carbocycles. The van der Waals surface area contributed by atoms with Gasteiger partial charge in [-0.3, -0.25) is 9.10 Å². The van der Waals surface area contributed by atoms with E-state index in [1.165, 1.54) is 33.4 Å². The first-order valence-corrected chi connectivity index (χ1v) is 10.5. The second-order valence-electron chi connectivity index (χ2n) is 6.33. The monoisotopic (exact) mass is 422 g/mol. The summed E-state index contributed by atoms with van der Waals surface area (Å²) in [5.74, 6) is 1.42. The molecule has 3 rings (SSSR count). The molecule has 1 aliphatic rings. The number of anilines is 1. The van der Waals surface area contributed by atoms with Crippen LogP contribution in [0.2, 0.25) is 0 Å². The smallest absolute Gasteiger partial charge is 0.253 e. The Morgan fingerprint density at radius 2 is 1.76 bits per heavy atom. The number of rotatable bonds is 7. The van der Waals surface area contributed by atoms with E-state index < -0.39 is 15.9 Å². The minimum absolute atomic E-state index is 0.135. The molecule has 29 heavy (non-hydrogen) atoms. The molecule has 1 heterocycles. The molecule has 0 atom stereocenters. The molecule has 10 heteroatoms. The molecule has 156 valence electrons. The Kier molecular flexibility index (Phi) is 5.73. The first kappa shape index (κ1) is 20.6. The number of sulfonamides is 1. The predicted molar refractivity (Wildman–Crippen MR) is 107 cm³/mol. The van der Waals surface area contributed by atoms with Crippen LogP contribution in [-0.4, -0.2) is 48.6 Å². The lowest BCUT2D eigenvalue weighted by atomic mass is 10.1. The maximum atomic E-state index is 12.9. The largest absolute Gasteiger partial charge is 0.493 e. The van der Waals surface area contributed by atoms with Gasteiger partial charge in [-0.1, -0.05) is 6.07 Å². The van der Waals surface area contributed by atoms with E-state index in [1.807, 2.05) is 6.07 Å². The summed E-state index contributed by atoms with van der Waals surface area (Å²) < 4.78 is 46.2. The summed E-state index contributed by atoms with van der Waals surface area (Å²) in [6.07, 6.45) is 1.05. The predicted octanol–water partition coefficient (Wildman–Crippen LogP) is 1.76. The zero-order valence-corrected chi connectivity index (χ0v) is 17.3. The van der Waals surface area contributed by atoms with Crippen molar-refractivity contribution in [2.45, 2.75) is 6.54 Å². The molecule has 0 saturated heterocycles. The molecule has 0 spiro atoms. The Labute approximate surface area is 169 Å². The highest BCUT2D eigenvalue weighted by Crippen LogP contribution is 2.36. The van der Waals surface area contributed by atoms with Crippen LogP contribution < -0.4 is 28.6 Å². The quantitative estimate of drug-likeness (QED) is 0.725. The van der Waals surface area contributed by atoms with E-state index >= 15 is 0 Å². The zero-order valence-electron chi connectivity index (χ0n) is 16.5. The number of carbonyl (C=O) groups excluding carboxylic acids is 1. The minimum Gasteiger partial charge on any atom is -0.493 e. The number of benzene rings is 2. The van der Waals surface area contributed by atoms with E-state index in [-0.39, 0.29) is 24.6 Å². The summed E-state index contributed by atoms with van der Waals surface area (Å²) >= 11 is 0. The minimum atomic E-state index is -3.60. The van der Waals surface area contributed by atoms with E-state index in [4.69, 9.17) is 18.9 Å². The number of fused-ring (bicyclic) bond motifs is 1. The van der Waals surface area contributed by atoms with E-state index in [9.17, 15) is 13.2 Å². The Morgan fingerprint density at radius 3 is 2.41 bits per heavy atom. The van der Waals surface area contributed by atoms with E-state index in [0.29, 0.717) is 23.0 Å². The average Bonchev–Trinajstić information content (AvgIpc) is 3.17. The Hall–Kier alpha value is -3.14. The van der Waals surface area contributed by atoms with Gasteiger partial charge in [-0.05, 0) is 23.8 Å². The summed E-state index contributed by atoms with van der Waals surface area (Å²) in [5.41, 5.74) is 1.12. The first-order chi connectivity index (χ1) is 13.7. The zero-order chi connectivity index (χ0) is 21.2. The summed E-state index contributed by atoms with van der Waals surface area (Å²) in [7, 11) is 0.631. The number of amides is 1. The van der Waals surface area contributed by atoms with Crippen molar-refractivity contribution < 1.29 is 32.2 Å². The molecule has 0 fully saturated rings. The van der Waals surface area contributed by atoms with E-state index in [0.717, 1.165) is 16.1 Å². The summed E-state index contributed by atoms with van der Waals surface area (Å²) in [4.78, 5) is 12.9. The van der Waals surface area contributed by atoms with Crippen molar-refractivity contribution in [1.82, 2.24) is 5.32 Å². The highest BCUT2D eigenvalue weighted by Gasteiger charge is 2.23. The van der Waals surface area contributed by atoms with E-state index in [2.05, 4.69) is 5.32 Å². The van der Waals surface area contributed by atoms with Crippen molar-refractivity contribution in [3.8, 4) is 23.0 Å². The number of nitrogens with zero attached hydrogens (tertiary/aromatic N) is 1. The van der Waals surface area contributed by atoms with Crippen LogP contribution in [0, 0.1) is 0 Å². The molecule has 1 N–H and O–H groups in total. The van der Waals surface area contributed by atoms with Gasteiger partial charge in [0.1, 0.15) is 0 Å². The van der Waals surface area contributed by atoms with Crippen LogP contribution in [-0.2, 0) is 16.6 Å². The Morgan fingerprint density at radius 1 is 1.10 bits per heavy atom. The lowest BCUT2D eigenvalue weighted by molar-refractivity contribution is 0.0951. The molecule has 0 unspecified atom stereocenters. The highest BCUT2D eigenvalue weighted by atomic mass is 32.2. The lowest BCUT2D eigenvalue weighted by Crippen LogP contribution is -2.30. The van der Waals surface area contributed by atoms with Crippen LogP contribution >= 0.6 is 0 Å². The van der Waals surface area contributed by atoms with Crippen LogP contribution in [0.15, 0.2) is 30.3 Å². The molecule has 1 aliphatic heterocycles. The third-order valence-corrected chi connectivity index (χ3v) is 5.66. The van der Waals surface area contributed by atoms with Crippen LogP contribution in [0.25, 0.3) is 0 Å². The van der Waals surface area contributed by atoms with Gasteiger partial charge in [0.25, 0.3) is 5.91 Å². The third-order valence-electron chi connectivity index (χ3n) is 4.47. The molecule has 0 radical (unpaired) electrons.